The second-order valence-electron chi connectivity index (χ2n) is 4.78. The number of hydrogen-bond donors (Lipinski definition) is 0. The molecular weight excluding hydrogens is 244 g/mol. The SMILES string of the molecule is CCC1CC(=O)N(Cc2ccc(C(=O)OC)cn2)C1. The number of carbonyl (C=O) groups is 2. The topological polar surface area (TPSA) is 59.5 Å². The Hall–Kier alpha value is -1.91. The minimum absolute atomic E-state index is 0.186. The number of methoxy groups -OCH3 is 1. The Balaban J connectivity index is 2.00. The van der Waals surface area contributed by atoms with Crippen LogP contribution >= 0.6 is 0 Å². The quantitative estimate of drug-likeness (QED) is 0.774. The van der Waals surface area contributed by atoms with Crippen LogP contribution in [0.4, 0.5) is 0 Å². The van der Waals surface area contributed by atoms with Crippen LogP contribution in [-0.2, 0) is 16.1 Å². The largest absolute Gasteiger partial charge is 0.465 e. The van der Waals surface area contributed by atoms with Crippen molar-refractivity contribution in [3.63, 3.8) is 0 Å². The van der Waals surface area contributed by atoms with Gasteiger partial charge in [0.15, 0.2) is 0 Å². The first-order valence-electron chi connectivity index (χ1n) is 6.45. The lowest BCUT2D eigenvalue weighted by Crippen LogP contribution is -2.25. The van der Waals surface area contributed by atoms with Gasteiger partial charge in [-0.1, -0.05) is 13.3 Å². The molecule has 1 unspecified atom stereocenters. The number of carbonyl (C=O) groups excluding carboxylic acids is 2. The van der Waals surface area contributed by atoms with Crippen molar-refractivity contribution < 1.29 is 14.3 Å². The third kappa shape index (κ3) is 3.10. The van der Waals surface area contributed by atoms with Crippen LogP contribution in [0.5, 0.6) is 0 Å². The van der Waals surface area contributed by atoms with Gasteiger partial charge in [-0.3, -0.25) is 9.78 Å². The number of nitrogens with zero attached hydrogens (tertiary/aromatic N) is 2. The van der Waals surface area contributed by atoms with Gasteiger partial charge in [0.25, 0.3) is 0 Å². The number of rotatable bonds is 4. The Bertz CT molecular complexity index is 470. The first-order valence-corrected chi connectivity index (χ1v) is 6.45. The molecule has 2 heterocycles. The summed E-state index contributed by atoms with van der Waals surface area (Å²) in [6.07, 6.45) is 3.15. The number of amides is 1. The van der Waals surface area contributed by atoms with E-state index in [2.05, 4.69) is 16.6 Å². The molecular formula is C14H18N2O3. The minimum Gasteiger partial charge on any atom is -0.465 e. The average Bonchev–Trinajstić information content (AvgIpc) is 2.79. The predicted molar refractivity (Wildman–Crippen MR) is 69.4 cm³/mol. The molecule has 1 aliphatic rings. The highest BCUT2D eigenvalue weighted by atomic mass is 16.5. The molecule has 0 N–H and O–H groups in total. The lowest BCUT2D eigenvalue weighted by atomic mass is 10.1. The van der Waals surface area contributed by atoms with Crippen molar-refractivity contribution in [1.82, 2.24) is 9.88 Å². The molecule has 0 saturated carbocycles. The second-order valence-corrected chi connectivity index (χ2v) is 4.78. The van der Waals surface area contributed by atoms with Crippen LogP contribution in [0.1, 0.15) is 35.8 Å². The van der Waals surface area contributed by atoms with Gasteiger partial charge in [0, 0.05) is 19.2 Å². The molecule has 0 aromatic carbocycles. The van der Waals surface area contributed by atoms with E-state index in [9.17, 15) is 9.59 Å². The van der Waals surface area contributed by atoms with Crippen molar-refractivity contribution in [3.8, 4) is 0 Å². The molecule has 0 radical (unpaired) electrons. The van der Waals surface area contributed by atoms with Crippen LogP contribution in [0.2, 0.25) is 0 Å². The number of pyridine rings is 1. The summed E-state index contributed by atoms with van der Waals surface area (Å²) in [6, 6.07) is 3.44. The first kappa shape index (κ1) is 13.5. The third-order valence-electron chi connectivity index (χ3n) is 3.47. The Morgan fingerprint density at radius 2 is 2.32 bits per heavy atom. The minimum atomic E-state index is -0.401. The molecule has 0 aliphatic carbocycles. The van der Waals surface area contributed by atoms with Crippen molar-refractivity contribution >= 4 is 11.9 Å². The summed E-state index contributed by atoms with van der Waals surface area (Å²) in [4.78, 5) is 29.1. The monoisotopic (exact) mass is 262 g/mol. The van der Waals surface area contributed by atoms with Gasteiger partial charge < -0.3 is 9.64 Å². The lowest BCUT2D eigenvalue weighted by molar-refractivity contribution is -0.128. The van der Waals surface area contributed by atoms with Crippen molar-refractivity contribution in [2.24, 2.45) is 5.92 Å². The molecule has 1 fully saturated rings. The number of aromatic nitrogens is 1. The van der Waals surface area contributed by atoms with Crippen molar-refractivity contribution in [1.29, 1.82) is 0 Å². The summed E-state index contributed by atoms with van der Waals surface area (Å²) in [5.74, 6) is 0.245. The zero-order chi connectivity index (χ0) is 13.8. The summed E-state index contributed by atoms with van der Waals surface area (Å²) in [5.41, 5.74) is 1.21. The highest BCUT2D eigenvalue weighted by Crippen LogP contribution is 2.21. The lowest BCUT2D eigenvalue weighted by Gasteiger charge is -2.15. The van der Waals surface area contributed by atoms with Gasteiger partial charge in [0.1, 0.15) is 0 Å². The van der Waals surface area contributed by atoms with Crippen LogP contribution < -0.4 is 0 Å². The maximum atomic E-state index is 11.8. The average molecular weight is 262 g/mol. The molecule has 1 amide bonds. The van der Waals surface area contributed by atoms with Gasteiger partial charge in [-0.25, -0.2) is 4.79 Å². The summed E-state index contributed by atoms with van der Waals surface area (Å²) in [6.45, 7) is 3.41. The van der Waals surface area contributed by atoms with E-state index in [0.717, 1.165) is 18.7 Å². The van der Waals surface area contributed by atoms with Crippen LogP contribution in [-0.4, -0.2) is 35.4 Å². The molecule has 1 atom stereocenters. The van der Waals surface area contributed by atoms with Crippen LogP contribution in [0, 0.1) is 5.92 Å². The van der Waals surface area contributed by atoms with E-state index in [1.807, 2.05) is 4.90 Å². The first-order chi connectivity index (χ1) is 9.13. The van der Waals surface area contributed by atoms with Gasteiger partial charge in [-0.05, 0) is 18.1 Å². The van der Waals surface area contributed by atoms with E-state index < -0.39 is 5.97 Å². The Morgan fingerprint density at radius 3 is 2.84 bits per heavy atom. The molecule has 1 aromatic heterocycles. The Labute approximate surface area is 112 Å². The van der Waals surface area contributed by atoms with Gasteiger partial charge >= 0.3 is 5.97 Å². The number of esters is 1. The van der Waals surface area contributed by atoms with E-state index in [4.69, 9.17) is 0 Å². The molecule has 19 heavy (non-hydrogen) atoms. The highest BCUT2D eigenvalue weighted by Gasteiger charge is 2.28. The molecule has 1 aromatic rings. The van der Waals surface area contributed by atoms with Crippen LogP contribution in [0.15, 0.2) is 18.3 Å². The summed E-state index contributed by atoms with van der Waals surface area (Å²) in [7, 11) is 1.34. The fourth-order valence-electron chi connectivity index (χ4n) is 2.23. The molecule has 2 rings (SSSR count). The second kappa shape index (κ2) is 5.82. The molecule has 0 bridgehead atoms. The van der Waals surface area contributed by atoms with E-state index in [-0.39, 0.29) is 5.91 Å². The van der Waals surface area contributed by atoms with Crippen LogP contribution in [0.3, 0.4) is 0 Å². The molecule has 1 saturated heterocycles. The van der Waals surface area contributed by atoms with Crippen molar-refractivity contribution in [2.75, 3.05) is 13.7 Å². The molecule has 1 aliphatic heterocycles. The third-order valence-corrected chi connectivity index (χ3v) is 3.47. The van der Waals surface area contributed by atoms with Gasteiger partial charge in [-0.15, -0.1) is 0 Å². The van der Waals surface area contributed by atoms with Gasteiger partial charge in [0.2, 0.25) is 5.91 Å². The number of hydrogen-bond acceptors (Lipinski definition) is 4. The normalized spacial score (nSPS) is 18.7. The van der Waals surface area contributed by atoms with E-state index >= 15 is 0 Å². The zero-order valence-corrected chi connectivity index (χ0v) is 11.3. The Kier molecular flexibility index (Phi) is 4.14. The van der Waals surface area contributed by atoms with Crippen molar-refractivity contribution in [2.45, 2.75) is 26.3 Å². The number of ether oxygens (including phenoxy) is 1. The van der Waals surface area contributed by atoms with E-state index in [1.165, 1.54) is 13.3 Å². The van der Waals surface area contributed by atoms with Crippen molar-refractivity contribution in [3.05, 3.63) is 29.6 Å². The molecule has 5 nitrogen and oxygen atoms in total. The summed E-state index contributed by atoms with van der Waals surface area (Å²) >= 11 is 0. The number of likely N-dealkylation sites (tertiary alicyclic amines) is 1. The Morgan fingerprint density at radius 1 is 1.53 bits per heavy atom. The summed E-state index contributed by atoms with van der Waals surface area (Å²) < 4.78 is 4.61. The maximum Gasteiger partial charge on any atom is 0.339 e. The summed E-state index contributed by atoms with van der Waals surface area (Å²) in [5, 5.41) is 0. The zero-order valence-electron chi connectivity index (χ0n) is 11.3. The van der Waals surface area contributed by atoms with Gasteiger partial charge in [0.05, 0.1) is 24.9 Å². The van der Waals surface area contributed by atoms with Gasteiger partial charge in [-0.2, -0.15) is 0 Å². The molecule has 102 valence electrons. The fourth-order valence-corrected chi connectivity index (χ4v) is 2.23. The van der Waals surface area contributed by atoms with E-state index in [0.29, 0.717) is 24.4 Å². The molecule has 5 heteroatoms. The molecule has 0 spiro atoms. The highest BCUT2D eigenvalue weighted by molar-refractivity contribution is 5.88. The van der Waals surface area contributed by atoms with Crippen LogP contribution in [0.25, 0.3) is 0 Å². The standard InChI is InChI=1S/C14H18N2O3/c1-3-10-6-13(17)16(8-10)9-12-5-4-11(7-15-12)14(18)19-2/h4-5,7,10H,3,6,8-9H2,1-2H3. The smallest absolute Gasteiger partial charge is 0.339 e. The van der Waals surface area contributed by atoms with E-state index in [1.54, 1.807) is 12.1 Å². The maximum absolute atomic E-state index is 11.8. The predicted octanol–water partition coefficient (Wildman–Crippen LogP) is 1.63. The fraction of sp³-hybridized carbons (Fsp3) is 0.500.